The lowest BCUT2D eigenvalue weighted by Gasteiger charge is -2.49. The zero-order valence-electron chi connectivity index (χ0n) is 26.8. The maximum Gasteiger partial charge on any atom is 0.408 e. The predicted molar refractivity (Wildman–Crippen MR) is 165 cm³/mol. The number of carbonyl (C=O) groups is 6. The van der Waals surface area contributed by atoms with Crippen LogP contribution < -0.4 is 10.6 Å². The molecule has 3 atom stereocenters. The third-order valence-electron chi connectivity index (χ3n) is 7.42. The van der Waals surface area contributed by atoms with Crippen LogP contribution in [0.4, 0.5) is 4.79 Å². The first-order valence-electron chi connectivity index (χ1n) is 15.0. The number of esters is 2. The smallest absolute Gasteiger partial charge is 0.408 e. The van der Waals surface area contributed by atoms with Crippen molar-refractivity contribution in [1.29, 1.82) is 0 Å². The number of amides is 4. The van der Waals surface area contributed by atoms with E-state index in [0.717, 1.165) is 11.1 Å². The largest absolute Gasteiger partial charge is 0.472 e. The number of hydrogen-bond acceptors (Lipinski definition) is 11. The van der Waals surface area contributed by atoms with Crippen molar-refractivity contribution in [1.82, 2.24) is 20.4 Å². The Kier molecular flexibility index (Phi) is 10.9. The molecule has 46 heavy (non-hydrogen) atoms. The zero-order valence-corrected chi connectivity index (χ0v) is 27.6. The Labute approximate surface area is 271 Å². The molecule has 0 radical (unpaired) electrons. The molecule has 4 rings (SSSR count). The summed E-state index contributed by atoms with van der Waals surface area (Å²) < 4.78 is 21.2. The van der Waals surface area contributed by atoms with Crippen LogP contribution in [0.5, 0.6) is 0 Å². The molecule has 250 valence electrons. The number of β-lactam (4-membered cyclic amide) rings is 1. The number of carbonyl (C=O) groups excluding carboxylic acids is 6. The lowest BCUT2D eigenvalue weighted by molar-refractivity contribution is -0.157. The molecule has 3 heterocycles. The minimum absolute atomic E-state index is 0.0943. The molecule has 1 fully saturated rings. The Balaban J connectivity index is 1.54. The number of nitrogens with zero attached hydrogens (tertiary/aromatic N) is 2. The molecule has 0 saturated carbocycles. The van der Waals surface area contributed by atoms with Gasteiger partial charge < -0.3 is 34.5 Å². The number of alkyl carbamates (subject to hydrolysis) is 1. The van der Waals surface area contributed by atoms with Crippen molar-refractivity contribution in [3.05, 3.63) is 46.6 Å². The maximum atomic E-state index is 13.8. The lowest BCUT2D eigenvalue weighted by atomic mass is 9.98. The SMILES string of the molecule is CCCC(=O)N(C)COC(=O)C1=C(COC(C)=O)CSC2C(NC(=O)C(NC(=O)OC(C)(C)C)C3=C4C=COC=C4CC3)C(=O)N12. The minimum atomic E-state index is -1.15. The fourth-order valence-corrected chi connectivity index (χ4v) is 6.58. The molecule has 4 amide bonds. The van der Waals surface area contributed by atoms with Crippen LogP contribution in [0.2, 0.25) is 0 Å². The Morgan fingerprint density at radius 3 is 2.59 bits per heavy atom. The number of fused-ring (bicyclic) bond motifs is 2. The van der Waals surface area contributed by atoms with E-state index in [1.54, 1.807) is 33.1 Å². The molecule has 0 spiro atoms. The summed E-state index contributed by atoms with van der Waals surface area (Å²) in [6.45, 7) is 7.61. The van der Waals surface area contributed by atoms with Gasteiger partial charge in [-0.15, -0.1) is 11.8 Å². The highest BCUT2D eigenvalue weighted by Crippen LogP contribution is 2.41. The highest BCUT2D eigenvalue weighted by molar-refractivity contribution is 8.00. The summed E-state index contributed by atoms with van der Waals surface area (Å²) in [6, 6.07) is -2.18. The number of thioether (sulfide) groups is 1. The van der Waals surface area contributed by atoms with Crippen LogP contribution in [0.15, 0.2) is 46.6 Å². The van der Waals surface area contributed by atoms with E-state index in [1.807, 2.05) is 6.92 Å². The lowest BCUT2D eigenvalue weighted by Crippen LogP contribution is -2.72. The maximum absolute atomic E-state index is 13.8. The van der Waals surface area contributed by atoms with Gasteiger partial charge in [-0.25, -0.2) is 9.59 Å². The Morgan fingerprint density at radius 1 is 1.17 bits per heavy atom. The number of rotatable bonds is 11. The van der Waals surface area contributed by atoms with E-state index in [0.29, 0.717) is 30.4 Å². The molecule has 3 aliphatic heterocycles. The second kappa shape index (κ2) is 14.4. The standard InChI is InChI=1S/C31H40N4O10S/c1-7-8-22(37)34(6)16-44-29(40)25-19(14-43-17(2)36)15-46-28-24(27(39)35(25)28)32-26(38)23(33-30(41)45-31(3,4)5)21-10-9-18-13-42-12-11-20(18)21/h11-13,23-24,28H,7-10,14-16H2,1-6H3,(H,32,38)(H,33,41). The fourth-order valence-electron chi connectivity index (χ4n) is 5.25. The van der Waals surface area contributed by atoms with E-state index in [9.17, 15) is 28.8 Å². The molecule has 4 aliphatic rings. The van der Waals surface area contributed by atoms with Crippen LogP contribution >= 0.6 is 11.8 Å². The van der Waals surface area contributed by atoms with Gasteiger partial charge in [-0.2, -0.15) is 0 Å². The highest BCUT2D eigenvalue weighted by atomic mass is 32.2. The molecule has 15 heteroatoms. The van der Waals surface area contributed by atoms with Crippen molar-refractivity contribution in [3.8, 4) is 0 Å². The van der Waals surface area contributed by atoms with Crippen molar-refractivity contribution in [2.24, 2.45) is 0 Å². The molecule has 0 aromatic rings. The highest BCUT2D eigenvalue weighted by Gasteiger charge is 2.55. The summed E-state index contributed by atoms with van der Waals surface area (Å²) in [6.07, 6.45) is 5.98. The second-order valence-electron chi connectivity index (χ2n) is 12.1. The molecule has 1 saturated heterocycles. The van der Waals surface area contributed by atoms with E-state index in [2.05, 4.69) is 10.6 Å². The van der Waals surface area contributed by atoms with Gasteiger partial charge in [0.25, 0.3) is 5.91 Å². The summed E-state index contributed by atoms with van der Waals surface area (Å²) in [4.78, 5) is 79.7. The van der Waals surface area contributed by atoms with Crippen LogP contribution in [-0.4, -0.2) is 94.8 Å². The number of nitrogens with one attached hydrogen (secondary N) is 2. The van der Waals surface area contributed by atoms with E-state index in [4.69, 9.17) is 18.9 Å². The first kappa shape index (κ1) is 34.6. The molecule has 0 bridgehead atoms. The van der Waals surface area contributed by atoms with Gasteiger partial charge in [0.15, 0.2) is 6.73 Å². The predicted octanol–water partition coefficient (Wildman–Crippen LogP) is 2.37. The number of hydrogen-bond donors (Lipinski definition) is 2. The van der Waals surface area contributed by atoms with Crippen LogP contribution in [0.25, 0.3) is 0 Å². The van der Waals surface area contributed by atoms with Crippen LogP contribution in [0.1, 0.15) is 60.3 Å². The van der Waals surface area contributed by atoms with Gasteiger partial charge in [-0.1, -0.05) is 6.92 Å². The van der Waals surface area contributed by atoms with Crippen LogP contribution in [-0.2, 0) is 42.9 Å². The summed E-state index contributed by atoms with van der Waals surface area (Å²) in [5.41, 5.74) is 1.74. The topological polar surface area (TPSA) is 170 Å². The quantitative estimate of drug-likeness (QED) is 0.144. The Hall–Kier alpha value is -4.27. The molecule has 14 nitrogen and oxygen atoms in total. The monoisotopic (exact) mass is 660 g/mol. The normalized spacial score (nSPS) is 20.8. The third kappa shape index (κ3) is 7.92. The van der Waals surface area contributed by atoms with Gasteiger partial charge in [0, 0.05) is 31.7 Å². The summed E-state index contributed by atoms with van der Waals surface area (Å²) >= 11 is 1.28. The first-order chi connectivity index (χ1) is 21.7. The Bertz CT molecular complexity index is 1430. The molecule has 0 aromatic heterocycles. The summed E-state index contributed by atoms with van der Waals surface area (Å²) in [5, 5.41) is 4.75. The van der Waals surface area contributed by atoms with Gasteiger partial charge in [-0.3, -0.25) is 24.1 Å². The van der Waals surface area contributed by atoms with Gasteiger partial charge in [0.2, 0.25) is 11.8 Å². The number of allylic oxidation sites excluding steroid dienone is 3. The summed E-state index contributed by atoms with van der Waals surface area (Å²) in [5.74, 6) is -2.65. The van der Waals surface area contributed by atoms with Crippen molar-refractivity contribution in [2.45, 2.75) is 83.4 Å². The summed E-state index contributed by atoms with van der Waals surface area (Å²) in [7, 11) is 1.50. The average Bonchev–Trinajstić information content (AvgIpc) is 3.42. The van der Waals surface area contributed by atoms with Crippen molar-refractivity contribution in [3.63, 3.8) is 0 Å². The van der Waals surface area contributed by atoms with Gasteiger partial charge in [0.1, 0.15) is 35.4 Å². The van der Waals surface area contributed by atoms with E-state index >= 15 is 0 Å². The van der Waals surface area contributed by atoms with Crippen molar-refractivity contribution >= 4 is 47.5 Å². The second-order valence-corrected chi connectivity index (χ2v) is 13.2. The molecule has 3 unspecified atom stereocenters. The number of ether oxygens (including phenoxy) is 4. The van der Waals surface area contributed by atoms with E-state index in [1.165, 1.54) is 41.8 Å². The van der Waals surface area contributed by atoms with Crippen LogP contribution in [0.3, 0.4) is 0 Å². The van der Waals surface area contributed by atoms with E-state index in [-0.39, 0.29) is 37.1 Å². The average molecular weight is 661 g/mol. The third-order valence-corrected chi connectivity index (χ3v) is 8.76. The van der Waals surface area contributed by atoms with Crippen LogP contribution in [0, 0.1) is 0 Å². The molecular weight excluding hydrogens is 620 g/mol. The van der Waals surface area contributed by atoms with Crippen molar-refractivity contribution < 1.29 is 47.7 Å². The first-order valence-corrected chi connectivity index (χ1v) is 16.0. The zero-order chi connectivity index (χ0) is 33.8. The molecular formula is C31H40N4O10S. The van der Waals surface area contributed by atoms with Gasteiger partial charge in [0.05, 0.1) is 12.5 Å². The van der Waals surface area contributed by atoms with Gasteiger partial charge in [-0.05, 0) is 62.8 Å². The van der Waals surface area contributed by atoms with E-state index < -0.39 is 52.9 Å². The van der Waals surface area contributed by atoms with Crippen molar-refractivity contribution in [2.75, 3.05) is 26.1 Å². The Morgan fingerprint density at radius 2 is 1.91 bits per heavy atom. The van der Waals surface area contributed by atoms with Gasteiger partial charge >= 0.3 is 18.0 Å². The molecule has 0 aromatic carbocycles. The molecule has 1 aliphatic carbocycles. The fraction of sp³-hybridized carbons (Fsp3) is 0.548. The minimum Gasteiger partial charge on any atom is -0.472 e. The molecule has 2 N–H and O–H groups in total.